The number of carbonyl (C=O) groups excluding carboxylic acids is 1. The van der Waals surface area contributed by atoms with E-state index in [0.29, 0.717) is 0 Å². The first kappa shape index (κ1) is 20.4. The van der Waals surface area contributed by atoms with Crippen molar-refractivity contribution in [3.63, 3.8) is 0 Å². The predicted molar refractivity (Wildman–Crippen MR) is 122 cm³/mol. The molecule has 2 aliphatic rings. The molecule has 30 heavy (non-hydrogen) atoms. The molecule has 1 unspecified atom stereocenters. The highest BCUT2D eigenvalue weighted by atomic mass is 16.2. The number of aromatic nitrogens is 2. The molecule has 2 aliphatic heterocycles. The Morgan fingerprint density at radius 1 is 1.17 bits per heavy atom. The molecule has 0 N–H and O–H groups in total. The molecule has 6 heteroatoms. The molecule has 0 saturated carbocycles. The Bertz CT molecular complexity index is 1050. The van der Waals surface area contributed by atoms with Gasteiger partial charge in [0.1, 0.15) is 0 Å². The minimum absolute atomic E-state index is 0.0138. The van der Waals surface area contributed by atoms with Gasteiger partial charge in [-0.25, -0.2) is 0 Å². The lowest BCUT2D eigenvalue weighted by Crippen LogP contribution is -2.45. The van der Waals surface area contributed by atoms with Crippen LogP contribution < -0.4 is 0 Å². The highest BCUT2D eigenvalue weighted by Crippen LogP contribution is 2.25. The summed E-state index contributed by atoms with van der Waals surface area (Å²) in [5.74, 6) is 0.0138. The van der Waals surface area contributed by atoms with Crippen LogP contribution in [0.5, 0.6) is 0 Å². The maximum atomic E-state index is 13.2. The molecule has 1 aromatic heterocycles. The predicted octanol–water partition coefficient (Wildman–Crippen LogP) is 3.16. The Balaban J connectivity index is 1.57. The van der Waals surface area contributed by atoms with Crippen molar-refractivity contribution in [1.82, 2.24) is 24.5 Å². The molecule has 1 atom stereocenters. The SMILES string of the molecule is C/C(=C\C(=O)N1C=C(N2CCN(C)CC2)C=CC1C)c1cc(C)c2nn(C)cc2c1. The average Bonchev–Trinajstić information content (AvgIpc) is 3.10. The van der Waals surface area contributed by atoms with E-state index in [4.69, 9.17) is 0 Å². The lowest BCUT2D eigenvalue weighted by atomic mass is 10.0. The molecule has 1 aromatic carbocycles. The minimum Gasteiger partial charge on any atom is -0.368 e. The number of benzene rings is 1. The van der Waals surface area contributed by atoms with Gasteiger partial charge in [-0.3, -0.25) is 9.48 Å². The molecule has 2 aromatic rings. The third-order valence-corrected chi connectivity index (χ3v) is 6.09. The zero-order chi connectivity index (χ0) is 21.4. The molecule has 0 radical (unpaired) electrons. The summed E-state index contributed by atoms with van der Waals surface area (Å²) in [5.41, 5.74) is 5.27. The number of hydrogen-bond donors (Lipinski definition) is 0. The Kier molecular flexibility index (Phi) is 5.52. The van der Waals surface area contributed by atoms with Crippen LogP contribution in [0, 0.1) is 6.92 Å². The zero-order valence-electron chi connectivity index (χ0n) is 18.6. The van der Waals surface area contributed by atoms with Gasteiger partial charge in [0, 0.05) is 57.1 Å². The molecular formula is C24H31N5O. The number of amides is 1. The summed E-state index contributed by atoms with van der Waals surface area (Å²) in [5, 5.41) is 5.61. The molecule has 0 spiro atoms. The largest absolute Gasteiger partial charge is 0.368 e. The molecule has 1 saturated heterocycles. The summed E-state index contributed by atoms with van der Waals surface area (Å²) in [6.45, 7) is 10.2. The van der Waals surface area contributed by atoms with Gasteiger partial charge in [0.2, 0.25) is 0 Å². The van der Waals surface area contributed by atoms with Crippen LogP contribution >= 0.6 is 0 Å². The number of allylic oxidation sites excluding steroid dienone is 2. The number of nitrogens with zero attached hydrogens (tertiary/aromatic N) is 5. The van der Waals surface area contributed by atoms with E-state index in [0.717, 1.165) is 59.5 Å². The van der Waals surface area contributed by atoms with Crippen molar-refractivity contribution in [3.8, 4) is 0 Å². The standard InChI is InChI=1S/C24H31N5O/c1-17(20-12-18(2)24-21(14-20)15-27(5)25-24)13-23(30)29-16-22(7-6-19(29)3)28-10-8-26(4)9-11-28/h6-7,12-16,19H,8-11H2,1-5H3/b17-13+. The van der Waals surface area contributed by atoms with Crippen molar-refractivity contribution < 1.29 is 4.79 Å². The van der Waals surface area contributed by atoms with Crippen molar-refractivity contribution in [1.29, 1.82) is 0 Å². The van der Waals surface area contributed by atoms with E-state index >= 15 is 0 Å². The van der Waals surface area contributed by atoms with Crippen LogP contribution in [0.1, 0.15) is 25.0 Å². The average molecular weight is 406 g/mol. The number of likely N-dealkylation sites (N-methyl/N-ethyl adjacent to an activating group) is 1. The maximum Gasteiger partial charge on any atom is 0.251 e. The molecule has 158 valence electrons. The first-order chi connectivity index (χ1) is 14.3. The van der Waals surface area contributed by atoms with Gasteiger partial charge in [0.15, 0.2) is 0 Å². The van der Waals surface area contributed by atoms with Crippen LogP contribution in [-0.4, -0.2) is 69.7 Å². The number of hydrogen-bond acceptors (Lipinski definition) is 4. The van der Waals surface area contributed by atoms with E-state index in [2.05, 4.69) is 60.1 Å². The summed E-state index contributed by atoms with van der Waals surface area (Å²) < 4.78 is 1.83. The number of piperazine rings is 1. The maximum absolute atomic E-state index is 13.2. The Morgan fingerprint density at radius 3 is 2.63 bits per heavy atom. The van der Waals surface area contributed by atoms with Crippen LogP contribution in [0.4, 0.5) is 0 Å². The van der Waals surface area contributed by atoms with Crippen LogP contribution in [0.3, 0.4) is 0 Å². The quantitative estimate of drug-likeness (QED) is 0.736. The van der Waals surface area contributed by atoms with Crippen LogP contribution in [0.15, 0.2) is 48.5 Å². The van der Waals surface area contributed by atoms with Crippen molar-refractivity contribution in [2.24, 2.45) is 7.05 Å². The molecule has 4 rings (SSSR count). The van der Waals surface area contributed by atoms with E-state index in [-0.39, 0.29) is 11.9 Å². The molecule has 3 heterocycles. The van der Waals surface area contributed by atoms with Gasteiger partial charge in [-0.2, -0.15) is 5.10 Å². The van der Waals surface area contributed by atoms with Gasteiger partial charge < -0.3 is 14.7 Å². The van der Waals surface area contributed by atoms with Gasteiger partial charge in [-0.15, -0.1) is 0 Å². The van der Waals surface area contributed by atoms with Crippen molar-refractivity contribution >= 4 is 22.4 Å². The number of rotatable bonds is 3. The van der Waals surface area contributed by atoms with E-state index in [1.165, 1.54) is 0 Å². The van der Waals surface area contributed by atoms with Gasteiger partial charge in [-0.05, 0) is 62.7 Å². The first-order valence-electron chi connectivity index (χ1n) is 10.6. The number of aryl methyl sites for hydroxylation is 2. The van der Waals surface area contributed by atoms with E-state index in [1.807, 2.05) is 35.9 Å². The smallest absolute Gasteiger partial charge is 0.251 e. The second-order valence-corrected chi connectivity index (χ2v) is 8.55. The Hall–Kier alpha value is -2.86. The molecular weight excluding hydrogens is 374 g/mol. The summed E-state index contributed by atoms with van der Waals surface area (Å²) in [6, 6.07) is 4.26. The summed E-state index contributed by atoms with van der Waals surface area (Å²) >= 11 is 0. The Morgan fingerprint density at radius 2 is 1.90 bits per heavy atom. The summed E-state index contributed by atoms with van der Waals surface area (Å²) in [6.07, 6.45) is 10.0. The summed E-state index contributed by atoms with van der Waals surface area (Å²) in [4.78, 5) is 19.7. The molecule has 1 fully saturated rings. The van der Waals surface area contributed by atoms with Crippen molar-refractivity contribution in [3.05, 3.63) is 59.6 Å². The number of carbonyl (C=O) groups is 1. The summed E-state index contributed by atoms with van der Waals surface area (Å²) in [7, 11) is 4.08. The molecule has 6 nitrogen and oxygen atoms in total. The van der Waals surface area contributed by atoms with Gasteiger partial charge in [-0.1, -0.05) is 6.08 Å². The highest BCUT2D eigenvalue weighted by molar-refractivity contribution is 5.97. The van der Waals surface area contributed by atoms with Gasteiger partial charge in [0.05, 0.1) is 17.3 Å². The lowest BCUT2D eigenvalue weighted by Gasteiger charge is -2.37. The van der Waals surface area contributed by atoms with E-state index < -0.39 is 0 Å². The topological polar surface area (TPSA) is 44.6 Å². The molecule has 0 aliphatic carbocycles. The van der Waals surface area contributed by atoms with Gasteiger partial charge >= 0.3 is 0 Å². The third-order valence-electron chi connectivity index (χ3n) is 6.09. The van der Waals surface area contributed by atoms with E-state index in [9.17, 15) is 4.79 Å². The monoisotopic (exact) mass is 405 g/mol. The minimum atomic E-state index is 0.0138. The lowest BCUT2D eigenvalue weighted by molar-refractivity contribution is -0.124. The zero-order valence-corrected chi connectivity index (χ0v) is 18.6. The number of fused-ring (bicyclic) bond motifs is 1. The van der Waals surface area contributed by atoms with Crippen molar-refractivity contribution in [2.75, 3.05) is 33.2 Å². The van der Waals surface area contributed by atoms with Crippen molar-refractivity contribution in [2.45, 2.75) is 26.8 Å². The van der Waals surface area contributed by atoms with Crippen LogP contribution in [-0.2, 0) is 11.8 Å². The normalized spacial score (nSPS) is 20.8. The fourth-order valence-electron chi connectivity index (χ4n) is 4.15. The third kappa shape index (κ3) is 4.05. The Labute approximate surface area is 178 Å². The van der Waals surface area contributed by atoms with Gasteiger partial charge in [0.25, 0.3) is 5.91 Å². The van der Waals surface area contributed by atoms with E-state index in [1.54, 1.807) is 6.08 Å². The first-order valence-corrected chi connectivity index (χ1v) is 10.6. The molecule has 0 bridgehead atoms. The second-order valence-electron chi connectivity index (χ2n) is 8.55. The fraction of sp³-hybridized carbons (Fsp3) is 0.417. The highest BCUT2D eigenvalue weighted by Gasteiger charge is 2.23. The fourth-order valence-corrected chi connectivity index (χ4v) is 4.15. The molecule has 1 amide bonds. The van der Waals surface area contributed by atoms with Crippen LogP contribution in [0.25, 0.3) is 16.5 Å². The second kappa shape index (κ2) is 8.11. The van der Waals surface area contributed by atoms with Crippen LogP contribution in [0.2, 0.25) is 0 Å².